The van der Waals surface area contributed by atoms with Gasteiger partial charge in [-0.2, -0.15) is 0 Å². The lowest BCUT2D eigenvalue weighted by Crippen LogP contribution is -2.34. The number of halogens is 2. The number of hydrogen-bond donors (Lipinski definition) is 2. The Labute approximate surface area is 134 Å². The van der Waals surface area contributed by atoms with Crippen LogP contribution in [0.1, 0.15) is 13.3 Å². The van der Waals surface area contributed by atoms with E-state index in [-0.39, 0.29) is 5.02 Å². The van der Waals surface area contributed by atoms with Crippen LogP contribution in [0, 0.1) is 5.82 Å². The van der Waals surface area contributed by atoms with Crippen LogP contribution in [0.2, 0.25) is 5.02 Å². The van der Waals surface area contributed by atoms with Crippen molar-refractivity contribution < 1.29 is 17.6 Å². The normalized spacial score (nSPS) is 11.5. The van der Waals surface area contributed by atoms with Crippen molar-refractivity contribution in [3.8, 4) is 0 Å². The summed E-state index contributed by atoms with van der Waals surface area (Å²) in [6.07, 6.45) is 1.62. The fourth-order valence-corrected chi connectivity index (χ4v) is 2.92. The highest BCUT2D eigenvalue weighted by atomic mass is 35.5. The molecule has 0 spiro atoms. The summed E-state index contributed by atoms with van der Waals surface area (Å²) < 4.78 is 37.0. The smallest absolute Gasteiger partial charge is 0.319 e. The molecule has 0 aliphatic rings. The fraction of sp³-hybridized carbons (Fsp3) is 0.462. The lowest BCUT2D eigenvalue weighted by molar-refractivity contribution is 0.251. The Kier molecular flexibility index (Phi) is 7.05. The van der Waals surface area contributed by atoms with Crippen molar-refractivity contribution in [2.75, 3.05) is 31.2 Å². The van der Waals surface area contributed by atoms with Gasteiger partial charge in [0.2, 0.25) is 10.0 Å². The van der Waals surface area contributed by atoms with Gasteiger partial charge in [-0.25, -0.2) is 21.9 Å². The summed E-state index contributed by atoms with van der Waals surface area (Å²) in [5.41, 5.74) is 0.298. The predicted molar refractivity (Wildman–Crippen MR) is 85.1 cm³/mol. The largest absolute Gasteiger partial charge is 0.338 e. The van der Waals surface area contributed by atoms with E-state index >= 15 is 0 Å². The monoisotopic (exact) mass is 351 g/mol. The Bertz CT molecular complexity index is 625. The molecule has 2 N–H and O–H groups in total. The SMILES string of the molecule is CCN(CCCNC(=O)Nc1ccc(F)cc1Cl)S(C)(=O)=O. The molecule has 0 aliphatic carbocycles. The quantitative estimate of drug-likeness (QED) is 0.740. The molecule has 0 radical (unpaired) electrons. The van der Waals surface area contributed by atoms with Crippen LogP contribution in [0.25, 0.3) is 0 Å². The van der Waals surface area contributed by atoms with Gasteiger partial charge in [-0.3, -0.25) is 0 Å². The van der Waals surface area contributed by atoms with E-state index in [1.165, 1.54) is 16.4 Å². The van der Waals surface area contributed by atoms with Gasteiger partial charge in [-0.15, -0.1) is 0 Å². The number of benzene rings is 1. The van der Waals surface area contributed by atoms with Crippen LogP contribution in [0.4, 0.5) is 14.9 Å². The minimum atomic E-state index is -3.22. The third kappa shape index (κ3) is 6.17. The Balaban J connectivity index is 2.38. The molecule has 0 aromatic heterocycles. The summed E-state index contributed by atoms with van der Waals surface area (Å²) >= 11 is 5.79. The van der Waals surface area contributed by atoms with Crippen LogP contribution in [0.5, 0.6) is 0 Å². The molecule has 0 atom stereocenters. The minimum Gasteiger partial charge on any atom is -0.338 e. The maximum atomic E-state index is 12.9. The molecule has 2 amide bonds. The molecule has 22 heavy (non-hydrogen) atoms. The summed E-state index contributed by atoms with van der Waals surface area (Å²) in [4.78, 5) is 11.7. The Morgan fingerprint density at radius 2 is 2.09 bits per heavy atom. The van der Waals surface area contributed by atoms with Gasteiger partial charge < -0.3 is 10.6 Å². The number of rotatable bonds is 7. The first-order chi connectivity index (χ1) is 10.2. The van der Waals surface area contributed by atoms with Crippen molar-refractivity contribution in [1.82, 2.24) is 9.62 Å². The lowest BCUT2D eigenvalue weighted by atomic mass is 10.3. The van der Waals surface area contributed by atoms with Gasteiger partial charge in [0.15, 0.2) is 0 Å². The molecular formula is C13H19ClFN3O3S. The third-order valence-corrected chi connectivity index (χ3v) is 4.56. The summed E-state index contributed by atoms with van der Waals surface area (Å²) in [7, 11) is -3.22. The van der Waals surface area contributed by atoms with Crippen molar-refractivity contribution in [3.05, 3.63) is 29.0 Å². The highest BCUT2D eigenvalue weighted by molar-refractivity contribution is 7.88. The Hall–Kier alpha value is -1.38. The number of nitrogens with zero attached hydrogens (tertiary/aromatic N) is 1. The van der Waals surface area contributed by atoms with Crippen LogP contribution in [-0.2, 0) is 10.0 Å². The number of nitrogens with one attached hydrogen (secondary N) is 2. The Morgan fingerprint density at radius 3 is 2.64 bits per heavy atom. The molecule has 0 saturated carbocycles. The van der Waals surface area contributed by atoms with Gasteiger partial charge in [0.05, 0.1) is 17.0 Å². The molecule has 6 nitrogen and oxygen atoms in total. The van der Waals surface area contributed by atoms with Crippen molar-refractivity contribution in [2.24, 2.45) is 0 Å². The molecule has 0 bridgehead atoms. The highest BCUT2D eigenvalue weighted by Crippen LogP contribution is 2.22. The summed E-state index contributed by atoms with van der Waals surface area (Å²) in [6.45, 7) is 2.76. The van der Waals surface area contributed by atoms with Crippen LogP contribution in [0.15, 0.2) is 18.2 Å². The van der Waals surface area contributed by atoms with Crippen LogP contribution >= 0.6 is 11.6 Å². The van der Waals surface area contributed by atoms with E-state index in [4.69, 9.17) is 11.6 Å². The molecular weight excluding hydrogens is 333 g/mol. The number of carbonyl (C=O) groups excluding carboxylic acids is 1. The van der Waals surface area contributed by atoms with E-state index in [9.17, 15) is 17.6 Å². The molecule has 0 saturated heterocycles. The zero-order valence-electron chi connectivity index (χ0n) is 12.4. The molecule has 1 aromatic rings. The molecule has 0 aliphatic heterocycles. The fourth-order valence-electron chi connectivity index (χ4n) is 1.77. The average Bonchev–Trinajstić information content (AvgIpc) is 2.40. The summed E-state index contributed by atoms with van der Waals surface area (Å²) in [5, 5.41) is 5.17. The highest BCUT2D eigenvalue weighted by Gasteiger charge is 2.13. The number of amides is 2. The van der Waals surface area contributed by atoms with Gasteiger partial charge in [-0.1, -0.05) is 18.5 Å². The molecule has 0 unspecified atom stereocenters. The zero-order chi connectivity index (χ0) is 16.8. The van der Waals surface area contributed by atoms with Crippen molar-refractivity contribution in [3.63, 3.8) is 0 Å². The zero-order valence-corrected chi connectivity index (χ0v) is 14.0. The van der Waals surface area contributed by atoms with E-state index < -0.39 is 21.9 Å². The number of hydrogen-bond acceptors (Lipinski definition) is 3. The molecule has 9 heteroatoms. The average molecular weight is 352 g/mol. The minimum absolute atomic E-state index is 0.101. The van der Waals surface area contributed by atoms with Crippen molar-refractivity contribution in [2.45, 2.75) is 13.3 Å². The van der Waals surface area contributed by atoms with E-state index in [0.717, 1.165) is 12.3 Å². The van der Waals surface area contributed by atoms with E-state index in [1.807, 2.05) is 0 Å². The van der Waals surface area contributed by atoms with Gasteiger partial charge >= 0.3 is 6.03 Å². The second-order valence-corrected chi connectivity index (χ2v) is 7.00. The maximum Gasteiger partial charge on any atom is 0.319 e. The molecule has 0 fully saturated rings. The van der Waals surface area contributed by atoms with Gasteiger partial charge in [0.1, 0.15) is 5.82 Å². The van der Waals surface area contributed by atoms with E-state index in [1.54, 1.807) is 6.92 Å². The van der Waals surface area contributed by atoms with Crippen LogP contribution < -0.4 is 10.6 Å². The van der Waals surface area contributed by atoms with Crippen molar-refractivity contribution in [1.29, 1.82) is 0 Å². The number of anilines is 1. The third-order valence-electron chi connectivity index (χ3n) is 2.87. The van der Waals surface area contributed by atoms with E-state index in [2.05, 4.69) is 10.6 Å². The number of carbonyl (C=O) groups is 1. The van der Waals surface area contributed by atoms with E-state index in [0.29, 0.717) is 31.7 Å². The van der Waals surface area contributed by atoms with Crippen LogP contribution in [0.3, 0.4) is 0 Å². The first-order valence-electron chi connectivity index (χ1n) is 6.69. The van der Waals surface area contributed by atoms with Crippen LogP contribution in [-0.4, -0.2) is 44.6 Å². The number of sulfonamides is 1. The predicted octanol–water partition coefficient (Wildman–Crippen LogP) is 2.27. The summed E-state index contributed by atoms with van der Waals surface area (Å²) in [6, 6.07) is 3.16. The number of urea groups is 1. The van der Waals surface area contributed by atoms with Gasteiger partial charge in [0.25, 0.3) is 0 Å². The summed E-state index contributed by atoms with van der Waals surface area (Å²) in [5.74, 6) is -0.489. The molecule has 0 heterocycles. The standard InChI is InChI=1S/C13H19ClFN3O3S/c1-3-18(22(2,20)21)8-4-7-16-13(19)17-12-6-5-10(15)9-11(12)14/h5-6,9H,3-4,7-8H2,1-2H3,(H2,16,17,19). The first-order valence-corrected chi connectivity index (χ1v) is 8.91. The lowest BCUT2D eigenvalue weighted by Gasteiger charge is -2.17. The first kappa shape index (κ1) is 18.7. The maximum absolute atomic E-state index is 12.9. The molecule has 124 valence electrons. The molecule has 1 aromatic carbocycles. The van der Waals surface area contributed by atoms with Crippen molar-refractivity contribution >= 4 is 33.3 Å². The van der Waals surface area contributed by atoms with Gasteiger partial charge in [-0.05, 0) is 24.6 Å². The molecule has 1 rings (SSSR count). The second-order valence-electron chi connectivity index (χ2n) is 4.61. The van der Waals surface area contributed by atoms with Gasteiger partial charge in [0, 0.05) is 19.6 Å². The second kappa shape index (κ2) is 8.30. The topological polar surface area (TPSA) is 78.5 Å². The Morgan fingerprint density at radius 1 is 1.41 bits per heavy atom.